The van der Waals surface area contributed by atoms with E-state index < -0.39 is 0 Å². The molecule has 112 valence electrons. The molecule has 0 aliphatic carbocycles. The van der Waals surface area contributed by atoms with E-state index in [0.29, 0.717) is 0 Å². The average Bonchev–Trinajstić information content (AvgIpc) is 2.91. The summed E-state index contributed by atoms with van der Waals surface area (Å²) < 4.78 is 1.90. The summed E-state index contributed by atoms with van der Waals surface area (Å²) in [6.07, 6.45) is 6.91. The van der Waals surface area contributed by atoms with Crippen molar-refractivity contribution in [3.05, 3.63) is 59.9 Å². The maximum Gasteiger partial charge on any atom is 0.0521 e. The number of aliphatic hydroxyl groups is 1. The van der Waals surface area contributed by atoms with Crippen LogP contribution in [0.5, 0.6) is 0 Å². The lowest BCUT2D eigenvalue weighted by Gasteiger charge is -2.20. The van der Waals surface area contributed by atoms with Gasteiger partial charge in [0.15, 0.2) is 0 Å². The Balaban J connectivity index is 1.93. The zero-order valence-corrected chi connectivity index (χ0v) is 12.5. The molecule has 0 amide bonds. The fraction of sp³-hybridized carbons (Fsp3) is 0.353. The molecular formula is C17H23N3O. The van der Waals surface area contributed by atoms with Crippen molar-refractivity contribution >= 4 is 6.08 Å². The van der Waals surface area contributed by atoms with Crippen molar-refractivity contribution in [1.82, 2.24) is 14.7 Å². The SMILES string of the molecule is Cn1nccc1CN(CC=Cc1ccccc1)CCCO. The second kappa shape index (κ2) is 8.39. The molecule has 0 radical (unpaired) electrons. The number of aromatic nitrogens is 2. The summed E-state index contributed by atoms with van der Waals surface area (Å²) in [5.41, 5.74) is 2.39. The van der Waals surface area contributed by atoms with E-state index in [1.807, 2.05) is 42.2 Å². The van der Waals surface area contributed by atoms with E-state index in [1.165, 1.54) is 11.3 Å². The van der Waals surface area contributed by atoms with Gasteiger partial charge in [-0.15, -0.1) is 0 Å². The van der Waals surface area contributed by atoms with Crippen LogP contribution < -0.4 is 0 Å². The van der Waals surface area contributed by atoms with Gasteiger partial charge in [0.1, 0.15) is 0 Å². The third-order valence-corrected chi connectivity index (χ3v) is 3.41. The van der Waals surface area contributed by atoms with Crippen LogP contribution in [0.1, 0.15) is 17.7 Å². The first kappa shape index (κ1) is 15.5. The van der Waals surface area contributed by atoms with Crippen molar-refractivity contribution < 1.29 is 5.11 Å². The Morgan fingerprint density at radius 2 is 2.05 bits per heavy atom. The van der Waals surface area contributed by atoms with Gasteiger partial charge in [-0.2, -0.15) is 5.10 Å². The lowest BCUT2D eigenvalue weighted by Crippen LogP contribution is -2.26. The van der Waals surface area contributed by atoms with Crippen molar-refractivity contribution in [3.63, 3.8) is 0 Å². The monoisotopic (exact) mass is 285 g/mol. The highest BCUT2D eigenvalue weighted by Gasteiger charge is 2.06. The Labute approximate surface area is 126 Å². The van der Waals surface area contributed by atoms with Crippen LogP contribution in [-0.4, -0.2) is 39.5 Å². The summed E-state index contributed by atoms with van der Waals surface area (Å²) >= 11 is 0. The van der Waals surface area contributed by atoms with Gasteiger partial charge in [0.2, 0.25) is 0 Å². The van der Waals surface area contributed by atoms with Gasteiger partial charge in [0, 0.05) is 39.5 Å². The minimum absolute atomic E-state index is 0.226. The van der Waals surface area contributed by atoms with E-state index in [2.05, 4.69) is 34.3 Å². The van der Waals surface area contributed by atoms with Gasteiger partial charge in [0.05, 0.1) is 5.69 Å². The number of aryl methyl sites for hydroxylation is 1. The summed E-state index contributed by atoms with van der Waals surface area (Å²) in [5.74, 6) is 0. The van der Waals surface area contributed by atoms with Gasteiger partial charge in [-0.05, 0) is 18.1 Å². The first-order valence-electron chi connectivity index (χ1n) is 7.31. The van der Waals surface area contributed by atoms with Crippen molar-refractivity contribution in [3.8, 4) is 0 Å². The van der Waals surface area contributed by atoms with Crippen molar-refractivity contribution in [2.75, 3.05) is 19.7 Å². The zero-order chi connectivity index (χ0) is 14.9. The van der Waals surface area contributed by atoms with Crippen LogP contribution in [0.15, 0.2) is 48.7 Å². The standard InChI is InChI=1S/C17H23N3O/c1-19-17(10-11-18-19)15-20(13-6-14-21)12-5-9-16-7-3-2-4-8-16/h2-5,7-11,21H,6,12-15H2,1H3. The van der Waals surface area contributed by atoms with Crippen LogP contribution in [0.3, 0.4) is 0 Å². The Morgan fingerprint density at radius 3 is 2.71 bits per heavy atom. The highest BCUT2D eigenvalue weighted by molar-refractivity contribution is 5.48. The number of hydrogen-bond donors (Lipinski definition) is 1. The fourth-order valence-electron chi connectivity index (χ4n) is 2.22. The van der Waals surface area contributed by atoms with Gasteiger partial charge in [-0.1, -0.05) is 42.5 Å². The quantitative estimate of drug-likeness (QED) is 0.809. The highest BCUT2D eigenvalue weighted by Crippen LogP contribution is 2.06. The maximum atomic E-state index is 9.04. The average molecular weight is 285 g/mol. The predicted octanol–water partition coefficient (Wildman–Crippen LogP) is 2.32. The summed E-state index contributed by atoms with van der Waals surface area (Å²) in [4.78, 5) is 2.31. The molecule has 0 saturated carbocycles. The van der Waals surface area contributed by atoms with Crippen LogP contribution in [0.2, 0.25) is 0 Å². The van der Waals surface area contributed by atoms with Gasteiger partial charge >= 0.3 is 0 Å². The molecule has 1 N–H and O–H groups in total. The molecule has 0 spiro atoms. The molecule has 0 unspecified atom stereocenters. The van der Waals surface area contributed by atoms with Crippen molar-refractivity contribution in [1.29, 1.82) is 0 Å². The largest absolute Gasteiger partial charge is 0.396 e. The van der Waals surface area contributed by atoms with Crippen LogP contribution in [0.4, 0.5) is 0 Å². The molecule has 2 rings (SSSR count). The molecule has 1 aromatic heterocycles. The number of nitrogens with zero attached hydrogens (tertiary/aromatic N) is 3. The summed E-state index contributed by atoms with van der Waals surface area (Å²) in [6.45, 7) is 2.81. The number of aliphatic hydroxyl groups excluding tert-OH is 1. The molecule has 0 bridgehead atoms. The molecular weight excluding hydrogens is 262 g/mol. The summed E-state index contributed by atoms with van der Waals surface area (Å²) in [7, 11) is 1.96. The van der Waals surface area contributed by atoms with Crippen LogP contribution >= 0.6 is 0 Å². The van der Waals surface area contributed by atoms with E-state index in [0.717, 1.165) is 26.1 Å². The fourth-order valence-corrected chi connectivity index (χ4v) is 2.22. The van der Waals surface area contributed by atoms with Gasteiger partial charge in [0.25, 0.3) is 0 Å². The highest BCUT2D eigenvalue weighted by atomic mass is 16.3. The summed E-state index contributed by atoms with van der Waals surface area (Å²) in [5, 5.41) is 13.2. The minimum atomic E-state index is 0.226. The molecule has 0 fully saturated rings. The van der Waals surface area contributed by atoms with Crippen LogP contribution in [0, 0.1) is 0 Å². The molecule has 2 aromatic rings. The molecule has 0 atom stereocenters. The van der Waals surface area contributed by atoms with Gasteiger partial charge in [-0.25, -0.2) is 0 Å². The lowest BCUT2D eigenvalue weighted by atomic mass is 10.2. The van der Waals surface area contributed by atoms with Gasteiger partial charge in [-0.3, -0.25) is 9.58 Å². The first-order valence-corrected chi connectivity index (χ1v) is 7.31. The molecule has 1 heterocycles. The molecule has 21 heavy (non-hydrogen) atoms. The maximum absolute atomic E-state index is 9.04. The summed E-state index contributed by atoms with van der Waals surface area (Å²) in [6, 6.07) is 12.3. The smallest absolute Gasteiger partial charge is 0.0521 e. The number of rotatable bonds is 8. The Kier molecular flexibility index (Phi) is 6.19. The van der Waals surface area contributed by atoms with Gasteiger partial charge < -0.3 is 5.11 Å². The zero-order valence-electron chi connectivity index (χ0n) is 12.5. The van der Waals surface area contributed by atoms with E-state index in [1.54, 1.807) is 0 Å². The van der Waals surface area contributed by atoms with Crippen molar-refractivity contribution in [2.45, 2.75) is 13.0 Å². The molecule has 0 aliphatic heterocycles. The van der Waals surface area contributed by atoms with Crippen LogP contribution in [0.25, 0.3) is 6.08 Å². The van der Waals surface area contributed by atoms with E-state index in [-0.39, 0.29) is 6.61 Å². The van der Waals surface area contributed by atoms with Crippen LogP contribution in [-0.2, 0) is 13.6 Å². The first-order chi connectivity index (χ1) is 10.3. The normalized spacial score (nSPS) is 11.6. The Hall–Kier alpha value is -1.91. The lowest BCUT2D eigenvalue weighted by molar-refractivity contribution is 0.229. The van der Waals surface area contributed by atoms with Crippen molar-refractivity contribution in [2.24, 2.45) is 7.05 Å². The molecule has 4 heteroatoms. The number of hydrogen-bond acceptors (Lipinski definition) is 3. The third-order valence-electron chi connectivity index (χ3n) is 3.41. The van der Waals surface area contributed by atoms with E-state index in [9.17, 15) is 0 Å². The van der Waals surface area contributed by atoms with E-state index in [4.69, 9.17) is 5.11 Å². The topological polar surface area (TPSA) is 41.3 Å². The second-order valence-corrected chi connectivity index (χ2v) is 5.07. The van der Waals surface area contributed by atoms with E-state index >= 15 is 0 Å². The number of benzene rings is 1. The third kappa shape index (κ3) is 5.17. The minimum Gasteiger partial charge on any atom is -0.396 e. The molecule has 1 aromatic carbocycles. The Bertz CT molecular complexity index is 548. The molecule has 4 nitrogen and oxygen atoms in total. The molecule has 0 saturated heterocycles. The Morgan fingerprint density at radius 1 is 1.24 bits per heavy atom. The predicted molar refractivity (Wildman–Crippen MR) is 85.7 cm³/mol. The second-order valence-electron chi connectivity index (χ2n) is 5.07. The molecule has 0 aliphatic rings.